The van der Waals surface area contributed by atoms with E-state index in [1.807, 2.05) is 6.92 Å². The molecule has 7 nitrogen and oxygen atoms in total. The van der Waals surface area contributed by atoms with E-state index in [0.717, 1.165) is 25.7 Å². The van der Waals surface area contributed by atoms with Gasteiger partial charge in [-0.1, -0.05) is 19.8 Å². The normalized spacial score (nSPS) is 18.9. The zero-order valence-corrected chi connectivity index (χ0v) is 13.9. The minimum Gasteiger partial charge on any atom is -0.480 e. The van der Waals surface area contributed by atoms with Crippen LogP contribution in [0.4, 0.5) is 0 Å². The van der Waals surface area contributed by atoms with Crippen LogP contribution >= 0.6 is 0 Å². The molecule has 2 N–H and O–H groups in total. The van der Waals surface area contributed by atoms with Gasteiger partial charge in [0.1, 0.15) is 12.1 Å². The number of carboxylic acid groups (broad SMARTS) is 1. The van der Waals surface area contributed by atoms with Crippen molar-refractivity contribution < 1.29 is 23.9 Å². The Morgan fingerprint density at radius 2 is 2.21 bits per heavy atom. The van der Waals surface area contributed by atoms with Gasteiger partial charge >= 0.3 is 5.97 Å². The van der Waals surface area contributed by atoms with Gasteiger partial charge in [0.05, 0.1) is 6.26 Å². The van der Waals surface area contributed by atoms with Crippen molar-refractivity contribution in [1.82, 2.24) is 10.2 Å². The predicted molar refractivity (Wildman–Crippen MR) is 86.5 cm³/mol. The highest BCUT2D eigenvalue weighted by atomic mass is 16.4. The summed E-state index contributed by atoms with van der Waals surface area (Å²) >= 11 is 0. The highest BCUT2D eigenvalue weighted by Crippen LogP contribution is 2.20. The molecule has 0 radical (unpaired) electrons. The number of hydrogen-bond acceptors (Lipinski definition) is 4. The number of unbranched alkanes of at least 4 members (excludes halogenated alkanes) is 1. The Kier molecular flexibility index (Phi) is 6.40. The number of amides is 2. The molecule has 0 spiro atoms. The summed E-state index contributed by atoms with van der Waals surface area (Å²) in [5.41, 5.74) is 0. The summed E-state index contributed by atoms with van der Waals surface area (Å²) in [5.74, 6) is -1.59. The first-order valence-corrected chi connectivity index (χ1v) is 8.42. The molecule has 24 heavy (non-hydrogen) atoms. The van der Waals surface area contributed by atoms with Gasteiger partial charge in [-0.2, -0.15) is 0 Å². The summed E-state index contributed by atoms with van der Waals surface area (Å²) in [7, 11) is 0. The SMILES string of the molecule is CCCCC(NC(=O)C1CCCCN1C(=O)c1ccco1)C(=O)O. The van der Waals surface area contributed by atoms with Gasteiger partial charge in [-0.05, 0) is 37.8 Å². The molecule has 0 aliphatic carbocycles. The van der Waals surface area contributed by atoms with Gasteiger partial charge < -0.3 is 19.7 Å². The van der Waals surface area contributed by atoms with Crippen molar-refractivity contribution in [2.45, 2.75) is 57.5 Å². The van der Waals surface area contributed by atoms with Gasteiger partial charge in [0.2, 0.25) is 5.91 Å². The first kappa shape index (κ1) is 18.0. The maximum Gasteiger partial charge on any atom is 0.326 e. The molecule has 1 aromatic heterocycles. The van der Waals surface area contributed by atoms with E-state index in [2.05, 4.69) is 5.32 Å². The fraction of sp³-hybridized carbons (Fsp3) is 0.588. The molecule has 0 saturated carbocycles. The van der Waals surface area contributed by atoms with Crippen molar-refractivity contribution in [3.63, 3.8) is 0 Å². The van der Waals surface area contributed by atoms with Crippen LogP contribution < -0.4 is 5.32 Å². The van der Waals surface area contributed by atoms with Crippen LogP contribution in [-0.2, 0) is 9.59 Å². The molecule has 2 unspecified atom stereocenters. The van der Waals surface area contributed by atoms with Crippen molar-refractivity contribution in [2.24, 2.45) is 0 Å². The molecule has 0 aromatic carbocycles. The molecule has 1 fully saturated rings. The van der Waals surface area contributed by atoms with Crippen molar-refractivity contribution in [2.75, 3.05) is 6.54 Å². The molecule has 1 aromatic rings. The summed E-state index contributed by atoms with van der Waals surface area (Å²) < 4.78 is 5.13. The van der Waals surface area contributed by atoms with Crippen molar-refractivity contribution >= 4 is 17.8 Å². The minimum atomic E-state index is -1.04. The molecular weight excluding hydrogens is 312 g/mol. The zero-order valence-electron chi connectivity index (χ0n) is 13.9. The number of likely N-dealkylation sites (tertiary alicyclic amines) is 1. The lowest BCUT2D eigenvalue weighted by Gasteiger charge is -2.34. The fourth-order valence-electron chi connectivity index (χ4n) is 2.92. The Labute approximate surface area is 141 Å². The second-order valence-electron chi connectivity index (χ2n) is 6.03. The Morgan fingerprint density at radius 1 is 1.42 bits per heavy atom. The second-order valence-corrected chi connectivity index (χ2v) is 6.03. The highest BCUT2D eigenvalue weighted by Gasteiger charge is 2.35. The standard InChI is InChI=1S/C17H24N2O5/c1-2-3-7-12(17(22)23)18-15(20)13-8-4-5-10-19(13)16(21)14-9-6-11-24-14/h6,9,11-13H,2-5,7-8,10H2,1H3,(H,18,20)(H,22,23). The van der Waals surface area contributed by atoms with E-state index in [-0.39, 0.29) is 11.7 Å². The van der Waals surface area contributed by atoms with Gasteiger partial charge in [0.15, 0.2) is 5.76 Å². The van der Waals surface area contributed by atoms with Crippen LogP contribution in [0.5, 0.6) is 0 Å². The topological polar surface area (TPSA) is 99.9 Å². The van der Waals surface area contributed by atoms with E-state index in [4.69, 9.17) is 4.42 Å². The summed E-state index contributed by atoms with van der Waals surface area (Å²) in [4.78, 5) is 37.9. The van der Waals surface area contributed by atoms with E-state index in [0.29, 0.717) is 19.4 Å². The third-order valence-corrected chi connectivity index (χ3v) is 4.26. The quantitative estimate of drug-likeness (QED) is 0.793. The van der Waals surface area contributed by atoms with Crippen LogP contribution in [0.1, 0.15) is 56.0 Å². The van der Waals surface area contributed by atoms with Crippen molar-refractivity contribution in [3.8, 4) is 0 Å². The van der Waals surface area contributed by atoms with E-state index in [9.17, 15) is 19.5 Å². The Bertz CT molecular complexity index is 570. The molecule has 0 bridgehead atoms. The Morgan fingerprint density at radius 3 is 2.83 bits per heavy atom. The third kappa shape index (κ3) is 4.37. The van der Waals surface area contributed by atoms with Crippen LogP contribution in [0.25, 0.3) is 0 Å². The molecule has 2 atom stereocenters. The fourth-order valence-corrected chi connectivity index (χ4v) is 2.92. The van der Waals surface area contributed by atoms with Crippen LogP contribution in [0, 0.1) is 0 Å². The van der Waals surface area contributed by atoms with E-state index >= 15 is 0 Å². The summed E-state index contributed by atoms with van der Waals surface area (Å²) in [6.07, 6.45) is 5.54. The minimum absolute atomic E-state index is 0.190. The number of carbonyl (C=O) groups excluding carboxylic acids is 2. The number of carbonyl (C=O) groups is 3. The highest BCUT2D eigenvalue weighted by molar-refractivity contribution is 5.96. The number of nitrogens with one attached hydrogen (secondary N) is 1. The van der Waals surface area contributed by atoms with Crippen LogP contribution in [0.2, 0.25) is 0 Å². The number of aliphatic carboxylic acids is 1. The molecule has 2 amide bonds. The van der Waals surface area contributed by atoms with Crippen LogP contribution in [-0.4, -0.2) is 46.4 Å². The maximum absolute atomic E-state index is 12.6. The number of furan rings is 1. The first-order valence-electron chi connectivity index (χ1n) is 8.42. The van der Waals surface area contributed by atoms with Crippen LogP contribution in [0.3, 0.4) is 0 Å². The molecule has 2 heterocycles. The predicted octanol–water partition coefficient (Wildman–Crippen LogP) is 2.03. The lowest BCUT2D eigenvalue weighted by molar-refractivity contribution is -0.143. The molecule has 132 valence electrons. The van der Waals surface area contributed by atoms with E-state index in [1.54, 1.807) is 12.1 Å². The molecule has 1 aliphatic heterocycles. The van der Waals surface area contributed by atoms with Gasteiger partial charge in [0, 0.05) is 6.54 Å². The smallest absolute Gasteiger partial charge is 0.326 e. The number of hydrogen-bond donors (Lipinski definition) is 2. The third-order valence-electron chi connectivity index (χ3n) is 4.26. The van der Waals surface area contributed by atoms with Gasteiger partial charge in [-0.25, -0.2) is 4.79 Å². The Hall–Kier alpha value is -2.31. The lowest BCUT2D eigenvalue weighted by Crippen LogP contribution is -2.54. The summed E-state index contributed by atoms with van der Waals surface area (Å²) in [6.45, 7) is 2.43. The molecule has 1 saturated heterocycles. The number of piperidine rings is 1. The molecule has 2 rings (SSSR count). The molecule has 1 aliphatic rings. The van der Waals surface area contributed by atoms with Crippen LogP contribution in [0.15, 0.2) is 22.8 Å². The number of nitrogens with zero attached hydrogens (tertiary/aromatic N) is 1. The Balaban J connectivity index is 2.07. The average molecular weight is 336 g/mol. The monoisotopic (exact) mass is 336 g/mol. The molecule has 7 heteroatoms. The first-order chi connectivity index (χ1) is 11.5. The second kappa shape index (κ2) is 8.52. The average Bonchev–Trinajstić information content (AvgIpc) is 3.12. The van der Waals surface area contributed by atoms with Crippen molar-refractivity contribution in [3.05, 3.63) is 24.2 Å². The van der Waals surface area contributed by atoms with Gasteiger partial charge in [-0.15, -0.1) is 0 Å². The van der Waals surface area contributed by atoms with E-state index < -0.39 is 24.0 Å². The lowest BCUT2D eigenvalue weighted by atomic mass is 10.00. The van der Waals surface area contributed by atoms with Gasteiger partial charge in [-0.3, -0.25) is 9.59 Å². The largest absolute Gasteiger partial charge is 0.480 e. The summed E-state index contributed by atoms with van der Waals surface area (Å²) in [6, 6.07) is 1.62. The summed E-state index contributed by atoms with van der Waals surface area (Å²) in [5, 5.41) is 11.9. The number of rotatable bonds is 7. The number of carboxylic acids is 1. The maximum atomic E-state index is 12.6. The van der Waals surface area contributed by atoms with Crippen molar-refractivity contribution in [1.29, 1.82) is 0 Å². The van der Waals surface area contributed by atoms with E-state index in [1.165, 1.54) is 11.2 Å². The molecular formula is C17H24N2O5. The van der Waals surface area contributed by atoms with Gasteiger partial charge in [0.25, 0.3) is 5.91 Å². The zero-order chi connectivity index (χ0) is 17.5.